The van der Waals surface area contributed by atoms with Crippen molar-refractivity contribution in [3.63, 3.8) is 0 Å². The molecule has 0 radical (unpaired) electrons. The summed E-state index contributed by atoms with van der Waals surface area (Å²) in [4.78, 5) is 30.5. The van der Waals surface area contributed by atoms with E-state index in [9.17, 15) is 27.9 Å². The van der Waals surface area contributed by atoms with Gasteiger partial charge < -0.3 is 14.6 Å². The first-order chi connectivity index (χ1) is 16.4. The fourth-order valence-electron chi connectivity index (χ4n) is 5.14. The number of amides is 1. The zero-order valence-electron chi connectivity index (χ0n) is 18.7. The first-order valence-electron chi connectivity index (χ1n) is 10.9. The molecule has 1 N–H and O–H groups in total. The van der Waals surface area contributed by atoms with Crippen LogP contribution >= 0.6 is 23.2 Å². The maximum Gasteiger partial charge on any atom is 0.416 e. The van der Waals surface area contributed by atoms with Gasteiger partial charge in [0, 0.05) is 31.6 Å². The number of aromatic nitrogens is 2. The van der Waals surface area contributed by atoms with E-state index in [1.807, 2.05) is 0 Å². The zero-order chi connectivity index (χ0) is 25.4. The zero-order valence-corrected chi connectivity index (χ0v) is 20.2. The molecular weight excluding hydrogens is 506 g/mol. The number of halogens is 5. The van der Waals surface area contributed by atoms with E-state index in [2.05, 4.69) is 4.98 Å². The molecule has 2 fully saturated rings. The third kappa shape index (κ3) is 3.94. The average Bonchev–Trinajstić information content (AvgIpc) is 3.11. The molecule has 0 spiro atoms. The third-order valence-electron chi connectivity index (χ3n) is 7.11. The van der Waals surface area contributed by atoms with Crippen molar-refractivity contribution in [3.8, 4) is 0 Å². The smallest absolute Gasteiger partial charge is 0.416 e. The third-order valence-corrected chi connectivity index (χ3v) is 7.90. The highest BCUT2D eigenvalue weighted by Crippen LogP contribution is 2.52. The van der Waals surface area contributed by atoms with Crippen molar-refractivity contribution in [2.45, 2.75) is 19.5 Å². The molecule has 2 aliphatic rings. The van der Waals surface area contributed by atoms with Crippen LogP contribution in [0, 0.1) is 24.7 Å². The summed E-state index contributed by atoms with van der Waals surface area (Å²) in [5, 5.41) is 9.65. The predicted octanol–water partition coefficient (Wildman–Crippen LogP) is 5.20. The van der Waals surface area contributed by atoms with Crippen LogP contribution in [0.25, 0.3) is 11.0 Å². The monoisotopic (exact) mass is 525 g/mol. The number of carboxylic acid groups (broad SMARTS) is 1. The molecular formula is C24H20Cl2F3N3O3. The van der Waals surface area contributed by atoms with Crippen LogP contribution < -0.4 is 0 Å². The SMILES string of the molecule is Cc1cc(C(F)(F)F)cc2c1nc(Cc1c(Cl)ccc(C(=O)N3CC4C(C3)C4C(=O)O)c1Cl)n2C. The van der Waals surface area contributed by atoms with Crippen LogP contribution in [-0.4, -0.2) is 44.5 Å². The second-order valence-electron chi connectivity index (χ2n) is 9.21. The molecule has 0 bridgehead atoms. The highest BCUT2D eigenvalue weighted by atomic mass is 35.5. The van der Waals surface area contributed by atoms with Gasteiger partial charge >= 0.3 is 12.1 Å². The summed E-state index contributed by atoms with van der Waals surface area (Å²) in [7, 11) is 1.62. The molecule has 1 aliphatic carbocycles. The molecule has 1 aliphatic heterocycles. The Kier molecular flexibility index (Phi) is 5.56. The van der Waals surface area contributed by atoms with Gasteiger partial charge in [-0.15, -0.1) is 0 Å². The number of carbonyl (C=O) groups is 2. The highest BCUT2D eigenvalue weighted by molar-refractivity contribution is 6.38. The maximum absolute atomic E-state index is 13.3. The first kappa shape index (κ1) is 23.9. The fraction of sp³-hybridized carbons (Fsp3) is 0.375. The number of imidazole rings is 1. The summed E-state index contributed by atoms with van der Waals surface area (Å²) in [6.07, 6.45) is -4.37. The molecule has 3 aromatic rings. The Morgan fingerprint density at radius 1 is 1.17 bits per heavy atom. The van der Waals surface area contributed by atoms with Crippen LogP contribution in [0.1, 0.15) is 32.9 Å². The second-order valence-corrected chi connectivity index (χ2v) is 10.00. The van der Waals surface area contributed by atoms with Gasteiger partial charge in [0.05, 0.1) is 33.1 Å². The number of hydrogen-bond donors (Lipinski definition) is 1. The van der Waals surface area contributed by atoms with E-state index >= 15 is 0 Å². The summed E-state index contributed by atoms with van der Waals surface area (Å²) in [6.45, 7) is 2.30. The van der Waals surface area contributed by atoms with Crippen molar-refractivity contribution >= 4 is 46.1 Å². The molecule has 1 aromatic heterocycles. The minimum Gasteiger partial charge on any atom is -0.481 e. The summed E-state index contributed by atoms with van der Waals surface area (Å²) in [5.74, 6) is -1.16. The largest absolute Gasteiger partial charge is 0.481 e. The number of likely N-dealkylation sites (tertiary alicyclic amines) is 1. The van der Waals surface area contributed by atoms with E-state index in [4.69, 9.17) is 23.2 Å². The number of nitrogens with zero attached hydrogens (tertiary/aromatic N) is 3. The minimum atomic E-state index is -4.48. The number of carboxylic acids is 1. The van der Waals surface area contributed by atoms with Crippen LogP contribution in [0.5, 0.6) is 0 Å². The predicted molar refractivity (Wildman–Crippen MR) is 124 cm³/mol. The number of rotatable bonds is 4. The average molecular weight is 526 g/mol. The molecule has 1 saturated carbocycles. The van der Waals surface area contributed by atoms with Crippen molar-refractivity contribution in [3.05, 3.63) is 62.4 Å². The van der Waals surface area contributed by atoms with Gasteiger partial charge in [0.2, 0.25) is 0 Å². The molecule has 2 heterocycles. The van der Waals surface area contributed by atoms with E-state index in [0.717, 1.165) is 12.1 Å². The van der Waals surface area contributed by atoms with Gasteiger partial charge in [-0.3, -0.25) is 9.59 Å². The lowest BCUT2D eigenvalue weighted by molar-refractivity contribution is -0.139. The van der Waals surface area contributed by atoms with Crippen molar-refractivity contribution in [2.24, 2.45) is 24.8 Å². The van der Waals surface area contributed by atoms with Crippen molar-refractivity contribution in [1.29, 1.82) is 0 Å². The Morgan fingerprint density at radius 3 is 2.43 bits per heavy atom. The molecule has 2 atom stereocenters. The van der Waals surface area contributed by atoms with E-state index in [1.54, 1.807) is 29.5 Å². The Morgan fingerprint density at radius 2 is 1.83 bits per heavy atom. The van der Waals surface area contributed by atoms with E-state index in [-0.39, 0.29) is 34.7 Å². The van der Waals surface area contributed by atoms with Crippen LogP contribution in [-0.2, 0) is 24.4 Å². The molecule has 35 heavy (non-hydrogen) atoms. The van der Waals surface area contributed by atoms with Gasteiger partial charge in [-0.25, -0.2) is 4.98 Å². The van der Waals surface area contributed by atoms with Crippen molar-refractivity contribution in [1.82, 2.24) is 14.5 Å². The van der Waals surface area contributed by atoms with E-state index in [1.165, 1.54) is 6.07 Å². The van der Waals surface area contributed by atoms with Gasteiger partial charge in [0.25, 0.3) is 5.91 Å². The van der Waals surface area contributed by atoms with Gasteiger partial charge in [-0.2, -0.15) is 13.2 Å². The van der Waals surface area contributed by atoms with Crippen molar-refractivity contribution < 1.29 is 27.9 Å². The lowest BCUT2D eigenvalue weighted by Gasteiger charge is -2.21. The quantitative estimate of drug-likeness (QED) is 0.507. The second kappa shape index (κ2) is 8.13. The van der Waals surface area contributed by atoms with Gasteiger partial charge in [-0.05, 0) is 54.2 Å². The molecule has 1 saturated heterocycles. The number of piperidine rings is 1. The van der Waals surface area contributed by atoms with E-state index < -0.39 is 23.6 Å². The normalized spacial score (nSPS) is 21.5. The van der Waals surface area contributed by atoms with Gasteiger partial charge in [0.15, 0.2) is 0 Å². The molecule has 11 heteroatoms. The van der Waals surface area contributed by atoms with Crippen LogP contribution in [0.15, 0.2) is 24.3 Å². The number of hydrogen-bond acceptors (Lipinski definition) is 3. The molecule has 6 nitrogen and oxygen atoms in total. The Labute approximate surface area is 208 Å². The van der Waals surface area contributed by atoms with Crippen LogP contribution in [0.4, 0.5) is 13.2 Å². The highest BCUT2D eigenvalue weighted by Gasteiger charge is 2.60. The molecule has 5 rings (SSSR count). The molecule has 184 valence electrons. The summed E-state index contributed by atoms with van der Waals surface area (Å²) < 4.78 is 41.4. The van der Waals surface area contributed by atoms with E-state index in [0.29, 0.717) is 46.1 Å². The number of benzene rings is 2. The number of fused-ring (bicyclic) bond motifs is 2. The fourth-order valence-corrected chi connectivity index (χ4v) is 5.72. The molecule has 1 amide bonds. The van der Waals surface area contributed by atoms with Gasteiger partial charge in [-0.1, -0.05) is 23.2 Å². The standard InChI is InChI=1S/C24H20Cl2F3N3O3/c1-10-5-11(24(27,28)29)6-17-21(10)30-18(31(17)2)7-13-16(25)4-3-12(20(13)26)22(33)32-8-14-15(9-32)19(14)23(34)35/h3-6,14-15,19H,7-9H2,1-2H3,(H,34,35). The Hall–Kier alpha value is -2.78. The van der Waals surface area contributed by atoms with Gasteiger partial charge in [0.1, 0.15) is 5.82 Å². The number of aryl methyl sites for hydroxylation is 2. The maximum atomic E-state index is 13.3. The first-order valence-corrected chi connectivity index (χ1v) is 11.7. The number of aliphatic carboxylic acids is 1. The Balaban J connectivity index is 1.45. The lowest BCUT2D eigenvalue weighted by atomic mass is 10.1. The summed E-state index contributed by atoms with van der Waals surface area (Å²) in [5.41, 5.74) is 1.10. The molecule has 2 unspecified atom stereocenters. The van der Waals surface area contributed by atoms with Crippen LogP contribution in [0.3, 0.4) is 0 Å². The van der Waals surface area contributed by atoms with Crippen molar-refractivity contribution in [2.75, 3.05) is 13.1 Å². The minimum absolute atomic E-state index is 0.0353. The van der Waals surface area contributed by atoms with Crippen LogP contribution in [0.2, 0.25) is 10.0 Å². The number of carbonyl (C=O) groups excluding carboxylic acids is 1. The summed E-state index contributed by atoms with van der Waals surface area (Å²) >= 11 is 13.0. The molecule has 2 aromatic carbocycles. The Bertz CT molecular complexity index is 1390. The number of alkyl halides is 3. The summed E-state index contributed by atoms with van der Waals surface area (Å²) in [6, 6.07) is 5.21. The topological polar surface area (TPSA) is 75.4 Å². The lowest BCUT2D eigenvalue weighted by Crippen LogP contribution is -2.32.